The van der Waals surface area contributed by atoms with Crippen molar-refractivity contribution in [1.29, 1.82) is 0 Å². The summed E-state index contributed by atoms with van der Waals surface area (Å²) in [5.41, 5.74) is 5.83. The fourth-order valence-electron chi connectivity index (χ4n) is 4.34. The van der Waals surface area contributed by atoms with Crippen molar-refractivity contribution in [3.8, 4) is 22.6 Å². The zero-order valence-corrected chi connectivity index (χ0v) is 21.9. The molecule has 0 amide bonds. The first-order chi connectivity index (χ1) is 18.1. The summed E-state index contributed by atoms with van der Waals surface area (Å²) in [6.07, 6.45) is 4.73. The summed E-state index contributed by atoms with van der Waals surface area (Å²) in [6, 6.07) is 22.4. The van der Waals surface area contributed by atoms with Crippen LogP contribution in [0.2, 0.25) is 0 Å². The van der Waals surface area contributed by atoms with Gasteiger partial charge in [0, 0.05) is 30.1 Å². The molecular weight excluding hydrogens is 466 g/mol. The zero-order chi connectivity index (χ0) is 26.0. The van der Waals surface area contributed by atoms with Crippen molar-refractivity contribution in [1.82, 2.24) is 0 Å². The van der Waals surface area contributed by atoms with E-state index in [1.54, 1.807) is 7.11 Å². The van der Waals surface area contributed by atoms with Crippen molar-refractivity contribution in [2.45, 2.75) is 26.2 Å². The van der Waals surface area contributed by atoms with E-state index in [9.17, 15) is 4.79 Å². The number of rotatable bonds is 11. The smallest absolute Gasteiger partial charge is 0.333 e. The largest absolute Gasteiger partial charge is 0.497 e. The van der Waals surface area contributed by atoms with Gasteiger partial charge in [-0.05, 0) is 84.1 Å². The lowest BCUT2D eigenvalue weighted by atomic mass is 10.00. The molecule has 0 unspecified atom stereocenters. The molecule has 0 aliphatic carbocycles. The van der Waals surface area contributed by atoms with Crippen LogP contribution >= 0.6 is 0 Å². The minimum absolute atomic E-state index is 0.298. The fraction of sp³-hybridized carbons (Fsp3) is 0.323. The lowest BCUT2D eigenvalue weighted by Gasteiger charge is -2.26. The van der Waals surface area contributed by atoms with E-state index in [1.165, 1.54) is 7.11 Å². The Morgan fingerprint density at radius 3 is 2.30 bits per heavy atom. The Labute approximate surface area is 219 Å². The summed E-state index contributed by atoms with van der Waals surface area (Å²) in [5.74, 6) is 1.32. The van der Waals surface area contributed by atoms with Gasteiger partial charge in [0.2, 0.25) is 0 Å². The number of benzene rings is 3. The molecule has 0 fully saturated rings. The second-order valence-electron chi connectivity index (χ2n) is 8.87. The van der Waals surface area contributed by atoms with Crippen LogP contribution < -0.4 is 14.4 Å². The highest BCUT2D eigenvalue weighted by Gasteiger charge is 2.21. The third-order valence-electron chi connectivity index (χ3n) is 6.41. The molecule has 0 N–H and O–H groups in total. The third-order valence-corrected chi connectivity index (χ3v) is 6.41. The summed E-state index contributed by atoms with van der Waals surface area (Å²) in [6.45, 7) is 4.71. The van der Waals surface area contributed by atoms with E-state index in [4.69, 9.17) is 18.9 Å². The molecular formula is C31H35NO5. The van der Waals surface area contributed by atoms with Crippen molar-refractivity contribution in [2.75, 3.05) is 45.5 Å². The first-order valence-electron chi connectivity index (χ1n) is 12.8. The number of nitrogens with zero attached hydrogens (tertiary/aromatic N) is 1. The van der Waals surface area contributed by atoms with E-state index < -0.39 is 0 Å². The molecule has 3 aromatic carbocycles. The number of carbonyl (C=O) groups excluding carboxylic acids is 1. The molecule has 1 aliphatic heterocycles. The van der Waals surface area contributed by atoms with Gasteiger partial charge in [-0.15, -0.1) is 0 Å². The van der Waals surface area contributed by atoms with Crippen molar-refractivity contribution < 1.29 is 23.7 Å². The minimum Gasteiger partial charge on any atom is -0.497 e. The van der Waals surface area contributed by atoms with Gasteiger partial charge in [0.05, 0.1) is 20.8 Å². The maximum Gasteiger partial charge on any atom is 0.333 e. The Morgan fingerprint density at radius 2 is 1.59 bits per heavy atom. The Hall–Kier alpha value is -3.77. The van der Waals surface area contributed by atoms with E-state index in [0.29, 0.717) is 31.8 Å². The van der Waals surface area contributed by atoms with E-state index in [-0.39, 0.29) is 5.97 Å². The molecule has 6 heteroatoms. The molecule has 37 heavy (non-hydrogen) atoms. The normalized spacial score (nSPS) is 12.8. The fourth-order valence-corrected chi connectivity index (χ4v) is 4.34. The van der Waals surface area contributed by atoms with Gasteiger partial charge in [0.25, 0.3) is 0 Å². The molecule has 1 heterocycles. The van der Waals surface area contributed by atoms with Gasteiger partial charge in [-0.25, -0.2) is 4.79 Å². The molecule has 0 radical (unpaired) electrons. The number of anilines is 2. The maximum absolute atomic E-state index is 12.5. The molecule has 3 aromatic rings. The first-order valence-corrected chi connectivity index (χ1v) is 12.8. The van der Waals surface area contributed by atoms with Gasteiger partial charge < -0.3 is 23.8 Å². The predicted molar refractivity (Wildman–Crippen MR) is 148 cm³/mol. The number of methoxy groups -OCH3 is 2. The average molecular weight is 502 g/mol. The molecule has 0 aromatic heterocycles. The Kier molecular flexibility index (Phi) is 9.22. The predicted octanol–water partition coefficient (Wildman–Crippen LogP) is 6.66. The van der Waals surface area contributed by atoms with Crippen LogP contribution in [-0.2, 0) is 14.3 Å². The van der Waals surface area contributed by atoms with Crippen LogP contribution in [0.3, 0.4) is 0 Å². The zero-order valence-electron chi connectivity index (χ0n) is 21.9. The van der Waals surface area contributed by atoms with Crippen molar-refractivity contribution >= 4 is 23.4 Å². The van der Waals surface area contributed by atoms with E-state index >= 15 is 0 Å². The lowest BCUT2D eigenvalue weighted by molar-refractivity contribution is -0.136. The summed E-state index contributed by atoms with van der Waals surface area (Å²) < 4.78 is 21.8. The minimum atomic E-state index is -0.298. The SMILES string of the molecule is CCCCOCCOc1ccc(-c2ccc3c(c2)C=C(C(=O)OC)CCN3c2ccc(OC)cc2)cc1. The summed E-state index contributed by atoms with van der Waals surface area (Å²) in [4.78, 5) is 14.7. The number of hydrogen-bond donors (Lipinski definition) is 0. The second-order valence-corrected chi connectivity index (χ2v) is 8.87. The second kappa shape index (κ2) is 13.0. The van der Waals surface area contributed by atoms with Crippen LogP contribution in [0.4, 0.5) is 11.4 Å². The first kappa shape index (κ1) is 26.3. The number of ether oxygens (including phenoxy) is 4. The van der Waals surface area contributed by atoms with Gasteiger partial charge in [0.15, 0.2) is 0 Å². The number of hydrogen-bond acceptors (Lipinski definition) is 6. The molecule has 194 valence electrons. The Bertz CT molecular complexity index is 1200. The van der Waals surface area contributed by atoms with Gasteiger partial charge in [-0.3, -0.25) is 0 Å². The van der Waals surface area contributed by atoms with Crippen LogP contribution in [0, 0.1) is 0 Å². The highest BCUT2D eigenvalue weighted by atomic mass is 16.5. The van der Waals surface area contributed by atoms with Crippen LogP contribution in [0.1, 0.15) is 31.7 Å². The average Bonchev–Trinajstić information content (AvgIpc) is 3.14. The van der Waals surface area contributed by atoms with Crippen LogP contribution in [0.5, 0.6) is 11.5 Å². The van der Waals surface area contributed by atoms with Gasteiger partial charge in [-0.1, -0.05) is 31.5 Å². The molecule has 4 rings (SSSR count). The van der Waals surface area contributed by atoms with Crippen LogP contribution in [-0.4, -0.2) is 46.6 Å². The summed E-state index contributed by atoms with van der Waals surface area (Å²) in [5, 5.41) is 0. The van der Waals surface area contributed by atoms with Gasteiger partial charge >= 0.3 is 5.97 Å². The highest BCUT2D eigenvalue weighted by molar-refractivity contribution is 5.96. The van der Waals surface area contributed by atoms with Crippen molar-refractivity contribution in [2.24, 2.45) is 0 Å². The van der Waals surface area contributed by atoms with E-state index in [1.807, 2.05) is 42.5 Å². The number of esters is 1. The van der Waals surface area contributed by atoms with E-state index in [0.717, 1.165) is 59.0 Å². The lowest BCUT2D eigenvalue weighted by Crippen LogP contribution is -2.19. The van der Waals surface area contributed by atoms with Crippen molar-refractivity contribution in [3.63, 3.8) is 0 Å². The van der Waals surface area contributed by atoms with Gasteiger partial charge in [0.1, 0.15) is 18.1 Å². The third kappa shape index (κ3) is 6.71. The maximum atomic E-state index is 12.5. The molecule has 0 atom stereocenters. The Balaban J connectivity index is 1.56. The summed E-state index contributed by atoms with van der Waals surface area (Å²) in [7, 11) is 3.08. The molecule has 1 aliphatic rings. The monoisotopic (exact) mass is 501 g/mol. The standard InChI is InChI=1S/C31H35NO5/c1-4-5-18-36-19-20-37-29-11-6-23(7-12-29)24-8-15-30-26(21-24)22-25(31(33)35-3)16-17-32(30)27-9-13-28(34-2)14-10-27/h6-15,21-22H,4-5,16-20H2,1-3H3. The van der Waals surface area contributed by atoms with E-state index in [2.05, 4.69) is 42.2 Å². The molecule has 0 saturated heterocycles. The number of fused-ring (bicyclic) bond motifs is 1. The molecule has 0 bridgehead atoms. The molecule has 0 spiro atoms. The van der Waals surface area contributed by atoms with Crippen LogP contribution in [0.15, 0.2) is 72.3 Å². The Morgan fingerprint density at radius 1 is 0.865 bits per heavy atom. The van der Waals surface area contributed by atoms with Crippen molar-refractivity contribution in [3.05, 3.63) is 77.9 Å². The molecule has 0 saturated carbocycles. The number of unbranched alkanes of at least 4 members (excludes halogenated alkanes) is 1. The summed E-state index contributed by atoms with van der Waals surface area (Å²) >= 11 is 0. The van der Waals surface area contributed by atoms with Crippen LogP contribution in [0.25, 0.3) is 17.2 Å². The molecule has 6 nitrogen and oxygen atoms in total. The highest BCUT2D eigenvalue weighted by Crippen LogP contribution is 2.37. The topological polar surface area (TPSA) is 57.2 Å². The number of carbonyl (C=O) groups is 1. The quantitative estimate of drug-likeness (QED) is 0.216. The van der Waals surface area contributed by atoms with Gasteiger partial charge in [-0.2, -0.15) is 0 Å².